The first-order valence-electron chi connectivity index (χ1n) is 7.16. The third-order valence-electron chi connectivity index (χ3n) is 4.12. The van der Waals surface area contributed by atoms with Crippen LogP contribution in [0.15, 0.2) is 0 Å². The van der Waals surface area contributed by atoms with Crippen LogP contribution in [-0.2, 0) is 17.8 Å². The number of hydrogen-bond acceptors (Lipinski definition) is 4. The lowest BCUT2D eigenvalue weighted by Crippen LogP contribution is -2.32. The quantitative estimate of drug-likeness (QED) is 0.801. The lowest BCUT2D eigenvalue weighted by molar-refractivity contribution is -0.128. The van der Waals surface area contributed by atoms with Gasteiger partial charge >= 0.3 is 0 Å². The molecule has 104 valence electrons. The lowest BCUT2D eigenvalue weighted by Gasteiger charge is -2.23. The number of amides is 1. The van der Waals surface area contributed by atoms with Crippen LogP contribution in [0.4, 0.5) is 0 Å². The molecule has 0 spiro atoms. The van der Waals surface area contributed by atoms with Gasteiger partial charge in [-0.25, -0.2) is 0 Å². The van der Waals surface area contributed by atoms with E-state index in [0.29, 0.717) is 6.04 Å². The van der Waals surface area contributed by atoms with E-state index in [-0.39, 0.29) is 5.91 Å². The number of carbonyl (C=O) groups excluding carboxylic acids is 1. The van der Waals surface area contributed by atoms with Crippen LogP contribution in [0.1, 0.15) is 43.9 Å². The molecule has 1 amide bonds. The molecule has 1 fully saturated rings. The van der Waals surface area contributed by atoms with Crippen molar-refractivity contribution in [1.29, 1.82) is 0 Å². The van der Waals surface area contributed by atoms with Gasteiger partial charge < -0.3 is 14.8 Å². The Morgan fingerprint density at radius 1 is 1.26 bits per heavy atom. The van der Waals surface area contributed by atoms with Crippen molar-refractivity contribution in [3.63, 3.8) is 0 Å². The molecule has 0 aromatic carbocycles. The summed E-state index contributed by atoms with van der Waals surface area (Å²) in [5, 5.41) is 12.2. The van der Waals surface area contributed by atoms with E-state index in [1.807, 2.05) is 4.90 Å². The van der Waals surface area contributed by atoms with Crippen molar-refractivity contribution >= 4 is 5.91 Å². The zero-order valence-corrected chi connectivity index (χ0v) is 11.4. The van der Waals surface area contributed by atoms with Crippen LogP contribution in [0.5, 0.6) is 0 Å². The van der Waals surface area contributed by atoms with Crippen molar-refractivity contribution in [3.8, 4) is 0 Å². The number of carbonyl (C=O) groups is 1. The summed E-state index contributed by atoms with van der Waals surface area (Å²) in [6.45, 7) is 5.03. The molecule has 0 radical (unpaired) electrons. The predicted molar refractivity (Wildman–Crippen MR) is 70.6 cm³/mol. The number of rotatable bonds is 1. The highest BCUT2D eigenvalue weighted by Gasteiger charge is 2.25. The van der Waals surface area contributed by atoms with Gasteiger partial charge in [0.25, 0.3) is 0 Å². The molecule has 0 saturated carbocycles. The predicted octanol–water partition coefficient (Wildman–Crippen LogP) is 0.497. The summed E-state index contributed by atoms with van der Waals surface area (Å²) >= 11 is 0. The highest BCUT2D eigenvalue weighted by molar-refractivity contribution is 5.73. The molecule has 3 heterocycles. The normalized spacial score (nSPS) is 23.8. The maximum atomic E-state index is 11.5. The molecule has 0 aliphatic carbocycles. The summed E-state index contributed by atoms with van der Waals surface area (Å²) in [6.07, 6.45) is 4.43. The van der Waals surface area contributed by atoms with E-state index < -0.39 is 0 Å². The van der Waals surface area contributed by atoms with Gasteiger partial charge in [0, 0.05) is 33.0 Å². The number of piperidine rings is 1. The topological polar surface area (TPSA) is 63.1 Å². The molecule has 1 aromatic rings. The minimum Gasteiger partial charge on any atom is -0.341 e. The molecule has 1 atom stereocenters. The van der Waals surface area contributed by atoms with Crippen molar-refractivity contribution in [2.75, 3.05) is 19.6 Å². The molecule has 1 saturated heterocycles. The molecular formula is C13H21N5O. The fraction of sp³-hybridized carbons (Fsp3) is 0.769. The second kappa shape index (κ2) is 5.28. The second-order valence-electron chi connectivity index (χ2n) is 5.38. The molecule has 0 unspecified atom stereocenters. The minimum absolute atomic E-state index is 0.149. The van der Waals surface area contributed by atoms with Gasteiger partial charge in [-0.05, 0) is 19.4 Å². The molecule has 1 N–H and O–H groups in total. The number of fused-ring (bicyclic) bond motifs is 1. The van der Waals surface area contributed by atoms with Crippen LogP contribution in [0.25, 0.3) is 0 Å². The van der Waals surface area contributed by atoms with Crippen LogP contribution in [0, 0.1) is 0 Å². The van der Waals surface area contributed by atoms with Crippen molar-refractivity contribution < 1.29 is 4.79 Å². The number of nitrogens with zero attached hydrogens (tertiary/aromatic N) is 4. The highest BCUT2D eigenvalue weighted by atomic mass is 16.2. The third-order valence-corrected chi connectivity index (χ3v) is 4.12. The molecule has 6 nitrogen and oxygen atoms in total. The Morgan fingerprint density at radius 2 is 2.16 bits per heavy atom. The standard InChI is InChI=1S/C13H21N5O/c1-10(19)17-7-5-12-15-16-13(18(12)9-8-17)11-4-2-3-6-14-11/h11,14H,2-9H2,1H3/t11-/m1/s1. The van der Waals surface area contributed by atoms with Crippen LogP contribution in [0.3, 0.4) is 0 Å². The Bertz CT molecular complexity index is 464. The van der Waals surface area contributed by atoms with Crippen molar-refractivity contribution in [2.24, 2.45) is 0 Å². The van der Waals surface area contributed by atoms with E-state index in [4.69, 9.17) is 0 Å². The van der Waals surface area contributed by atoms with Crippen LogP contribution >= 0.6 is 0 Å². The minimum atomic E-state index is 0.149. The molecule has 1 aromatic heterocycles. The fourth-order valence-corrected chi connectivity index (χ4v) is 2.99. The highest BCUT2D eigenvalue weighted by Crippen LogP contribution is 2.23. The summed E-state index contributed by atoms with van der Waals surface area (Å²) in [7, 11) is 0. The lowest BCUT2D eigenvalue weighted by atomic mass is 10.0. The summed E-state index contributed by atoms with van der Waals surface area (Å²) in [4.78, 5) is 13.4. The number of nitrogens with one attached hydrogen (secondary N) is 1. The van der Waals surface area contributed by atoms with Gasteiger partial charge in [0.05, 0.1) is 6.04 Å². The molecule has 19 heavy (non-hydrogen) atoms. The van der Waals surface area contributed by atoms with Crippen LogP contribution in [0.2, 0.25) is 0 Å². The van der Waals surface area contributed by atoms with Crippen LogP contribution < -0.4 is 5.32 Å². The van der Waals surface area contributed by atoms with E-state index in [0.717, 1.165) is 50.7 Å². The molecule has 6 heteroatoms. The van der Waals surface area contributed by atoms with Crippen LogP contribution in [-0.4, -0.2) is 45.2 Å². The molecule has 2 aliphatic heterocycles. The average Bonchev–Trinajstić information content (AvgIpc) is 2.71. The van der Waals surface area contributed by atoms with Gasteiger partial charge in [-0.1, -0.05) is 6.42 Å². The van der Waals surface area contributed by atoms with E-state index in [1.54, 1.807) is 6.92 Å². The summed E-state index contributed by atoms with van der Waals surface area (Å²) in [5.41, 5.74) is 0. The maximum absolute atomic E-state index is 11.5. The molecular weight excluding hydrogens is 242 g/mol. The maximum Gasteiger partial charge on any atom is 0.219 e. The summed E-state index contributed by atoms with van der Waals surface area (Å²) < 4.78 is 2.21. The first-order valence-corrected chi connectivity index (χ1v) is 7.16. The summed E-state index contributed by atoms with van der Waals surface area (Å²) in [6, 6.07) is 0.332. The summed E-state index contributed by atoms with van der Waals surface area (Å²) in [5.74, 6) is 2.22. The van der Waals surface area contributed by atoms with Gasteiger partial charge in [0.1, 0.15) is 11.6 Å². The second-order valence-corrected chi connectivity index (χ2v) is 5.38. The molecule has 3 rings (SSSR count). The molecule has 2 aliphatic rings. The van der Waals surface area contributed by atoms with E-state index in [1.165, 1.54) is 12.8 Å². The van der Waals surface area contributed by atoms with E-state index >= 15 is 0 Å². The van der Waals surface area contributed by atoms with Crippen molar-refractivity contribution in [1.82, 2.24) is 25.0 Å². The van der Waals surface area contributed by atoms with Gasteiger partial charge in [0.2, 0.25) is 5.91 Å². The van der Waals surface area contributed by atoms with Gasteiger partial charge in [-0.15, -0.1) is 10.2 Å². The van der Waals surface area contributed by atoms with Crippen molar-refractivity contribution in [2.45, 2.75) is 45.2 Å². The first-order chi connectivity index (χ1) is 9.25. The fourth-order valence-electron chi connectivity index (χ4n) is 2.99. The Labute approximate surface area is 113 Å². The van der Waals surface area contributed by atoms with Gasteiger partial charge in [-0.2, -0.15) is 0 Å². The number of aromatic nitrogens is 3. The monoisotopic (exact) mass is 263 g/mol. The number of hydrogen-bond donors (Lipinski definition) is 1. The Hall–Kier alpha value is -1.43. The van der Waals surface area contributed by atoms with E-state index in [9.17, 15) is 4.79 Å². The largest absolute Gasteiger partial charge is 0.341 e. The SMILES string of the molecule is CC(=O)N1CCc2nnc([C@H]3CCCCN3)n2CC1. The Balaban J connectivity index is 1.79. The third kappa shape index (κ3) is 2.49. The van der Waals surface area contributed by atoms with Gasteiger partial charge in [0.15, 0.2) is 0 Å². The zero-order valence-electron chi connectivity index (χ0n) is 11.4. The smallest absolute Gasteiger partial charge is 0.219 e. The molecule has 0 bridgehead atoms. The van der Waals surface area contributed by atoms with E-state index in [2.05, 4.69) is 20.1 Å². The first kappa shape index (κ1) is 12.6. The van der Waals surface area contributed by atoms with Gasteiger partial charge in [-0.3, -0.25) is 4.79 Å². The Morgan fingerprint density at radius 3 is 2.89 bits per heavy atom. The van der Waals surface area contributed by atoms with Crippen molar-refractivity contribution in [3.05, 3.63) is 11.6 Å². The Kier molecular flexibility index (Phi) is 3.50. The zero-order chi connectivity index (χ0) is 13.2. The average molecular weight is 263 g/mol.